The van der Waals surface area contributed by atoms with E-state index in [1.807, 2.05) is 86.7 Å². The Kier molecular flexibility index (Phi) is 8.43. The van der Waals surface area contributed by atoms with Crippen LogP contribution in [0, 0.1) is 11.3 Å². The molecule has 0 unspecified atom stereocenters. The molecule has 36 heavy (non-hydrogen) atoms. The summed E-state index contributed by atoms with van der Waals surface area (Å²) >= 11 is 1.36. The Bertz CT molecular complexity index is 1330. The number of carbonyl (C=O) groups is 1. The van der Waals surface area contributed by atoms with E-state index in [-0.39, 0.29) is 12.5 Å². The number of nitriles is 1. The molecule has 3 aromatic carbocycles. The maximum Gasteiger partial charge on any atom is 0.266 e. The van der Waals surface area contributed by atoms with Crippen LogP contribution < -0.4 is 9.47 Å². The number of benzene rings is 3. The molecule has 1 amide bonds. The van der Waals surface area contributed by atoms with Crippen LogP contribution in [0.4, 0.5) is 5.69 Å². The van der Waals surface area contributed by atoms with Gasteiger partial charge in [-0.05, 0) is 67.6 Å². The van der Waals surface area contributed by atoms with Crippen molar-refractivity contribution in [3.63, 3.8) is 0 Å². The van der Waals surface area contributed by atoms with Gasteiger partial charge in [0.2, 0.25) is 0 Å². The molecule has 182 valence electrons. The van der Waals surface area contributed by atoms with Crippen molar-refractivity contribution in [1.82, 2.24) is 4.90 Å². The van der Waals surface area contributed by atoms with Gasteiger partial charge in [-0.25, -0.2) is 4.99 Å². The first-order valence-corrected chi connectivity index (χ1v) is 12.7. The normalized spacial score (nSPS) is 15.4. The lowest BCUT2D eigenvalue weighted by Gasteiger charge is -2.14. The Hall–Kier alpha value is -4.02. The minimum absolute atomic E-state index is 0.0730. The second kappa shape index (κ2) is 12.1. The molecule has 0 radical (unpaired) electrons. The second-order valence-corrected chi connectivity index (χ2v) is 8.99. The zero-order valence-corrected chi connectivity index (χ0v) is 21.1. The van der Waals surface area contributed by atoms with Crippen molar-refractivity contribution in [2.24, 2.45) is 4.99 Å². The third kappa shape index (κ3) is 5.96. The summed E-state index contributed by atoms with van der Waals surface area (Å²) in [4.78, 5) is 20.3. The van der Waals surface area contributed by atoms with E-state index in [2.05, 4.69) is 6.07 Å². The quantitative estimate of drug-likeness (QED) is 0.313. The van der Waals surface area contributed by atoms with E-state index in [0.29, 0.717) is 34.5 Å². The number of amides is 1. The molecule has 0 atom stereocenters. The zero-order valence-electron chi connectivity index (χ0n) is 20.3. The standard InChI is InChI=1S/C29H27N3O3S/c1-3-17-32-28(33)27(36-29(32)31-24-13-15-25(16-14-24)34-4-2)18-21-9-7-8-12-26(21)35-20-23-11-6-5-10-22(23)19-30/h5-16,18H,3-4,17,20H2,1-2H3/b27-18-,31-29?. The molecule has 1 fully saturated rings. The van der Waals surface area contributed by atoms with Crippen LogP contribution >= 0.6 is 11.8 Å². The first kappa shape index (κ1) is 25.1. The topological polar surface area (TPSA) is 74.9 Å². The predicted octanol–water partition coefficient (Wildman–Crippen LogP) is 6.55. The van der Waals surface area contributed by atoms with Gasteiger partial charge in [-0.1, -0.05) is 43.3 Å². The smallest absolute Gasteiger partial charge is 0.266 e. The number of aliphatic imine (C=N–C) groups is 1. The Morgan fingerprint density at radius 2 is 1.75 bits per heavy atom. The van der Waals surface area contributed by atoms with Crippen molar-refractivity contribution in [3.05, 3.63) is 94.4 Å². The highest BCUT2D eigenvalue weighted by atomic mass is 32.2. The molecule has 6 nitrogen and oxygen atoms in total. The second-order valence-electron chi connectivity index (χ2n) is 7.98. The van der Waals surface area contributed by atoms with Crippen LogP contribution in [0.25, 0.3) is 6.08 Å². The third-order valence-electron chi connectivity index (χ3n) is 5.43. The van der Waals surface area contributed by atoms with Crippen LogP contribution in [0.2, 0.25) is 0 Å². The molecule has 1 heterocycles. The van der Waals surface area contributed by atoms with E-state index in [4.69, 9.17) is 14.5 Å². The lowest BCUT2D eigenvalue weighted by Crippen LogP contribution is -2.29. The van der Waals surface area contributed by atoms with E-state index in [0.717, 1.165) is 29.0 Å². The number of thioether (sulfide) groups is 1. The Morgan fingerprint density at radius 3 is 2.50 bits per heavy atom. The van der Waals surface area contributed by atoms with Gasteiger partial charge in [0.1, 0.15) is 18.1 Å². The summed E-state index contributed by atoms with van der Waals surface area (Å²) in [5.41, 5.74) is 2.95. The Labute approximate surface area is 215 Å². The van der Waals surface area contributed by atoms with E-state index in [9.17, 15) is 10.1 Å². The van der Waals surface area contributed by atoms with E-state index in [1.54, 1.807) is 11.0 Å². The monoisotopic (exact) mass is 497 g/mol. The summed E-state index contributed by atoms with van der Waals surface area (Å²) in [6.07, 6.45) is 2.67. The fraction of sp³-hybridized carbons (Fsp3) is 0.207. The largest absolute Gasteiger partial charge is 0.494 e. The van der Waals surface area contributed by atoms with Gasteiger partial charge < -0.3 is 9.47 Å². The molecule has 1 aliphatic heterocycles. The number of hydrogen-bond donors (Lipinski definition) is 0. The van der Waals surface area contributed by atoms with Gasteiger partial charge >= 0.3 is 0 Å². The average molecular weight is 498 g/mol. The number of amidine groups is 1. The van der Waals surface area contributed by atoms with Crippen molar-refractivity contribution >= 4 is 34.6 Å². The van der Waals surface area contributed by atoms with Gasteiger partial charge in [0, 0.05) is 17.7 Å². The molecular formula is C29H27N3O3S. The van der Waals surface area contributed by atoms with Crippen molar-refractivity contribution in [3.8, 4) is 17.6 Å². The van der Waals surface area contributed by atoms with Gasteiger partial charge in [0.05, 0.1) is 28.8 Å². The van der Waals surface area contributed by atoms with Crippen LogP contribution in [-0.4, -0.2) is 29.1 Å². The first-order valence-electron chi connectivity index (χ1n) is 11.9. The molecule has 0 saturated carbocycles. The zero-order chi connectivity index (χ0) is 25.3. The molecule has 1 saturated heterocycles. The summed E-state index contributed by atoms with van der Waals surface area (Å²) < 4.78 is 11.6. The number of rotatable bonds is 9. The molecule has 3 aromatic rings. The van der Waals surface area contributed by atoms with Crippen molar-refractivity contribution in [2.75, 3.05) is 13.2 Å². The van der Waals surface area contributed by atoms with Gasteiger partial charge in [-0.15, -0.1) is 0 Å². The highest BCUT2D eigenvalue weighted by molar-refractivity contribution is 8.18. The van der Waals surface area contributed by atoms with E-state index < -0.39 is 0 Å². The Morgan fingerprint density at radius 1 is 1.00 bits per heavy atom. The summed E-state index contributed by atoms with van der Waals surface area (Å²) in [6.45, 7) is 5.43. The van der Waals surface area contributed by atoms with Gasteiger partial charge in [0.25, 0.3) is 5.91 Å². The molecule has 4 rings (SSSR count). The molecule has 0 N–H and O–H groups in total. The van der Waals surface area contributed by atoms with Gasteiger partial charge in [-0.2, -0.15) is 5.26 Å². The van der Waals surface area contributed by atoms with Crippen LogP contribution in [0.15, 0.2) is 82.7 Å². The molecule has 0 aromatic heterocycles. The minimum Gasteiger partial charge on any atom is -0.494 e. The summed E-state index contributed by atoms with van der Waals surface area (Å²) in [5, 5.41) is 10.00. The maximum atomic E-state index is 13.3. The van der Waals surface area contributed by atoms with Crippen LogP contribution in [0.1, 0.15) is 37.0 Å². The van der Waals surface area contributed by atoms with Crippen LogP contribution in [-0.2, 0) is 11.4 Å². The van der Waals surface area contributed by atoms with Crippen molar-refractivity contribution in [1.29, 1.82) is 5.26 Å². The molecular weight excluding hydrogens is 470 g/mol. The maximum absolute atomic E-state index is 13.3. The number of ether oxygens (including phenoxy) is 2. The molecule has 0 spiro atoms. The lowest BCUT2D eigenvalue weighted by molar-refractivity contribution is -0.122. The lowest BCUT2D eigenvalue weighted by atomic mass is 10.1. The first-order chi connectivity index (χ1) is 17.6. The predicted molar refractivity (Wildman–Crippen MR) is 144 cm³/mol. The molecule has 0 bridgehead atoms. The highest BCUT2D eigenvalue weighted by Gasteiger charge is 2.33. The fourth-order valence-corrected chi connectivity index (χ4v) is 4.70. The third-order valence-corrected chi connectivity index (χ3v) is 6.44. The molecule has 1 aliphatic rings. The van der Waals surface area contributed by atoms with Crippen LogP contribution in [0.3, 0.4) is 0 Å². The number of para-hydroxylation sites is 1. The van der Waals surface area contributed by atoms with Gasteiger partial charge in [0.15, 0.2) is 5.17 Å². The number of carbonyl (C=O) groups excluding carboxylic acids is 1. The highest BCUT2D eigenvalue weighted by Crippen LogP contribution is 2.36. The average Bonchev–Trinajstić information content (AvgIpc) is 3.18. The summed E-state index contributed by atoms with van der Waals surface area (Å²) in [7, 11) is 0. The number of hydrogen-bond acceptors (Lipinski definition) is 6. The van der Waals surface area contributed by atoms with Gasteiger partial charge in [-0.3, -0.25) is 9.69 Å². The van der Waals surface area contributed by atoms with Crippen molar-refractivity contribution < 1.29 is 14.3 Å². The van der Waals surface area contributed by atoms with E-state index >= 15 is 0 Å². The Balaban J connectivity index is 1.58. The van der Waals surface area contributed by atoms with E-state index in [1.165, 1.54) is 11.8 Å². The minimum atomic E-state index is -0.0730. The summed E-state index contributed by atoms with van der Waals surface area (Å²) in [5.74, 6) is 1.36. The van der Waals surface area contributed by atoms with Crippen molar-refractivity contribution in [2.45, 2.75) is 26.9 Å². The molecule has 0 aliphatic carbocycles. The number of nitrogens with zero attached hydrogens (tertiary/aromatic N) is 3. The fourth-order valence-electron chi connectivity index (χ4n) is 3.69. The van der Waals surface area contributed by atoms with Crippen LogP contribution in [0.5, 0.6) is 11.5 Å². The SMILES string of the molecule is CCCN1C(=O)/C(=C/c2ccccc2OCc2ccccc2C#N)SC1=Nc1ccc(OCC)cc1. The summed E-state index contributed by atoms with van der Waals surface area (Å²) in [6, 6.07) is 24.7. The molecule has 7 heteroatoms.